The molecule has 3 rings (SSSR count). The Kier molecular flexibility index (Phi) is 2.39. The lowest BCUT2D eigenvalue weighted by Gasteiger charge is -2.49. The number of aryl methyl sites for hydroxylation is 1. The lowest BCUT2D eigenvalue weighted by molar-refractivity contribution is 0.271. The van der Waals surface area contributed by atoms with Crippen LogP contribution in [0.4, 0.5) is 5.69 Å². The average molecular weight is 220 g/mol. The van der Waals surface area contributed by atoms with Crippen molar-refractivity contribution in [3.63, 3.8) is 0 Å². The fraction of sp³-hybridized carbons (Fsp3) is 0.750. The molecular weight excluding hydrogens is 200 g/mol. The van der Waals surface area contributed by atoms with Crippen LogP contribution in [0.1, 0.15) is 32.1 Å². The van der Waals surface area contributed by atoms with Crippen LogP contribution in [0.2, 0.25) is 0 Å². The number of hydrogen-bond donors (Lipinski definition) is 1. The third-order valence-electron chi connectivity index (χ3n) is 4.00. The Morgan fingerprint density at radius 2 is 2.00 bits per heavy atom. The maximum atomic E-state index is 6.12. The van der Waals surface area contributed by atoms with Crippen LogP contribution in [0.5, 0.6) is 0 Å². The highest BCUT2D eigenvalue weighted by Gasteiger charge is 2.37. The molecule has 2 aliphatic rings. The summed E-state index contributed by atoms with van der Waals surface area (Å²) in [5.74, 6) is 0. The summed E-state index contributed by atoms with van der Waals surface area (Å²) in [7, 11) is 1.98. The van der Waals surface area contributed by atoms with Crippen molar-refractivity contribution in [3.05, 3.63) is 12.4 Å². The molecule has 3 heterocycles. The number of fused-ring (bicyclic) bond motifs is 2. The predicted octanol–water partition coefficient (Wildman–Crippen LogP) is 1.27. The molecule has 0 aromatic carbocycles. The minimum absolute atomic E-state index is 0.406. The number of nitrogens with zero attached hydrogens (tertiary/aromatic N) is 3. The monoisotopic (exact) mass is 220 g/mol. The Labute approximate surface area is 96.4 Å². The van der Waals surface area contributed by atoms with Crippen molar-refractivity contribution in [2.45, 2.75) is 50.2 Å². The fourth-order valence-corrected chi connectivity index (χ4v) is 3.39. The maximum absolute atomic E-state index is 6.12. The van der Waals surface area contributed by atoms with Crippen molar-refractivity contribution < 1.29 is 0 Å². The molecule has 2 aliphatic heterocycles. The Bertz CT molecular complexity index is 359. The minimum atomic E-state index is 0.406. The first-order chi connectivity index (χ1) is 7.74. The molecule has 2 unspecified atom stereocenters. The number of anilines is 1. The van der Waals surface area contributed by atoms with E-state index in [4.69, 9.17) is 5.73 Å². The molecule has 16 heavy (non-hydrogen) atoms. The molecule has 1 aromatic rings. The Hall–Kier alpha value is -1.03. The molecule has 0 spiro atoms. The van der Waals surface area contributed by atoms with Crippen LogP contribution in [-0.4, -0.2) is 27.9 Å². The smallest absolute Gasteiger partial charge is 0.0757 e. The van der Waals surface area contributed by atoms with Crippen LogP contribution < -0.4 is 10.6 Å². The Balaban J connectivity index is 1.89. The van der Waals surface area contributed by atoms with Gasteiger partial charge in [0.25, 0.3) is 0 Å². The molecule has 88 valence electrons. The second kappa shape index (κ2) is 3.77. The Morgan fingerprint density at radius 1 is 1.31 bits per heavy atom. The summed E-state index contributed by atoms with van der Waals surface area (Å²) in [6.45, 7) is 0. The SMILES string of the molecule is Cn1cc(N2C3CCCC2CC(N)C3)cn1. The first kappa shape index (κ1) is 10.1. The Morgan fingerprint density at radius 3 is 2.56 bits per heavy atom. The normalized spacial score (nSPS) is 34.1. The van der Waals surface area contributed by atoms with E-state index in [1.165, 1.54) is 24.9 Å². The van der Waals surface area contributed by atoms with Gasteiger partial charge in [-0.05, 0) is 32.1 Å². The van der Waals surface area contributed by atoms with Gasteiger partial charge in [0, 0.05) is 31.4 Å². The predicted molar refractivity (Wildman–Crippen MR) is 64.3 cm³/mol. The molecular formula is C12H20N4. The molecule has 0 amide bonds. The highest BCUT2D eigenvalue weighted by atomic mass is 15.3. The standard InChI is InChI=1S/C12H20N4/c1-15-8-12(7-14-15)16-10-3-2-4-11(16)6-9(13)5-10/h7-11H,2-6,13H2,1H3. The van der Waals surface area contributed by atoms with E-state index >= 15 is 0 Å². The highest BCUT2D eigenvalue weighted by Crippen LogP contribution is 2.36. The van der Waals surface area contributed by atoms with Gasteiger partial charge < -0.3 is 10.6 Å². The number of rotatable bonds is 1. The maximum Gasteiger partial charge on any atom is 0.0757 e. The van der Waals surface area contributed by atoms with Crippen LogP contribution in [0, 0.1) is 0 Å². The van der Waals surface area contributed by atoms with Gasteiger partial charge in [-0.2, -0.15) is 5.10 Å². The molecule has 4 nitrogen and oxygen atoms in total. The van der Waals surface area contributed by atoms with E-state index < -0.39 is 0 Å². The van der Waals surface area contributed by atoms with E-state index in [0.29, 0.717) is 18.1 Å². The number of piperidine rings is 2. The van der Waals surface area contributed by atoms with Crippen molar-refractivity contribution in [2.24, 2.45) is 12.8 Å². The zero-order chi connectivity index (χ0) is 11.1. The lowest BCUT2D eigenvalue weighted by Crippen LogP contribution is -2.55. The summed E-state index contributed by atoms with van der Waals surface area (Å²) in [5.41, 5.74) is 7.40. The average Bonchev–Trinajstić information content (AvgIpc) is 2.63. The summed E-state index contributed by atoms with van der Waals surface area (Å²) in [5, 5.41) is 4.28. The molecule has 2 fully saturated rings. The van der Waals surface area contributed by atoms with Gasteiger partial charge in [-0.1, -0.05) is 0 Å². The summed E-state index contributed by atoms with van der Waals surface area (Å²) in [4.78, 5) is 2.57. The number of aromatic nitrogens is 2. The van der Waals surface area contributed by atoms with Crippen molar-refractivity contribution >= 4 is 5.69 Å². The molecule has 1 aromatic heterocycles. The first-order valence-electron chi connectivity index (χ1n) is 6.26. The molecule has 2 saturated heterocycles. The van der Waals surface area contributed by atoms with Crippen LogP contribution in [0.25, 0.3) is 0 Å². The molecule has 2 bridgehead atoms. The largest absolute Gasteiger partial charge is 0.363 e. The van der Waals surface area contributed by atoms with E-state index in [-0.39, 0.29) is 0 Å². The van der Waals surface area contributed by atoms with Crippen molar-refractivity contribution in [1.29, 1.82) is 0 Å². The summed E-state index contributed by atoms with van der Waals surface area (Å²) < 4.78 is 1.89. The number of hydrogen-bond acceptors (Lipinski definition) is 3. The van der Waals surface area contributed by atoms with Crippen molar-refractivity contribution in [2.75, 3.05) is 4.90 Å². The van der Waals surface area contributed by atoms with E-state index in [1.54, 1.807) is 0 Å². The van der Waals surface area contributed by atoms with Gasteiger partial charge in [0.15, 0.2) is 0 Å². The molecule has 4 heteroatoms. The summed E-state index contributed by atoms with van der Waals surface area (Å²) in [6, 6.07) is 1.70. The zero-order valence-electron chi connectivity index (χ0n) is 9.84. The topological polar surface area (TPSA) is 47.1 Å². The van der Waals surface area contributed by atoms with Gasteiger partial charge in [0.1, 0.15) is 0 Å². The van der Waals surface area contributed by atoms with E-state index in [9.17, 15) is 0 Å². The molecule has 0 radical (unpaired) electrons. The van der Waals surface area contributed by atoms with Gasteiger partial charge in [0.05, 0.1) is 11.9 Å². The lowest BCUT2D eigenvalue weighted by atomic mass is 9.82. The summed E-state index contributed by atoms with van der Waals surface area (Å²) >= 11 is 0. The zero-order valence-corrected chi connectivity index (χ0v) is 9.84. The molecule has 2 N–H and O–H groups in total. The van der Waals surface area contributed by atoms with E-state index in [2.05, 4.69) is 16.2 Å². The summed E-state index contributed by atoms with van der Waals surface area (Å²) in [6.07, 6.45) is 10.3. The van der Waals surface area contributed by atoms with Crippen LogP contribution in [-0.2, 0) is 7.05 Å². The van der Waals surface area contributed by atoms with Crippen LogP contribution in [0.3, 0.4) is 0 Å². The van der Waals surface area contributed by atoms with Crippen LogP contribution >= 0.6 is 0 Å². The van der Waals surface area contributed by atoms with E-state index in [0.717, 1.165) is 12.8 Å². The molecule has 0 saturated carbocycles. The minimum Gasteiger partial charge on any atom is -0.363 e. The van der Waals surface area contributed by atoms with Gasteiger partial charge >= 0.3 is 0 Å². The highest BCUT2D eigenvalue weighted by molar-refractivity contribution is 5.46. The second-order valence-corrected chi connectivity index (χ2v) is 5.25. The fourth-order valence-electron chi connectivity index (χ4n) is 3.39. The first-order valence-corrected chi connectivity index (χ1v) is 6.26. The molecule has 0 aliphatic carbocycles. The van der Waals surface area contributed by atoms with Crippen molar-refractivity contribution in [3.8, 4) is 0 Å². The van der Waals surface area contributed by atoms with Gasteiger partial charge in [-0.15, -0.1) is 0 Å². The van der Waals surface area contributed by atoms with Gasteiger partial charge in [-0.3, -0.25) is 4.68 Å². The van der Waals surface area contributed by atoms with E-state index in [1.807, 2.05) is 17.9 Å². The quantitative estimate of drug-likeness (QED) is 0.775. The molecule has 2 atom stereocenters. The third-order valence-corrected chi connectivity index (χ3v) is 4.00. The second-order valence-electron chi connectivity index (χ2n) is 5.25. The van der Waals surface area contributed by atoms with Gasteiger partial charge in [0.2, 0.25) is 0 Å². The van der Waals surface area contributed by atoms with Crippen LogP contribution in [0.15, 0.2) is 12.4 Å². The van der Waals surface area contributed by atoms with Crippen molar-refractivity contribution in [1.82, 2.24) is 9.78 Å². The number of nitrogens with two attached hydrogens (primary N) is 1. The van der Waals surface area contributed by atoms with Gasteiger partial charge in [-0.25, -0.2) is 0 Å². The third kappa shape index (κ3) is 1.61.